The van der Waals surface area contributed by atoms with Crippen LogP contribution in [0.25, 0.3) is 22.2 Å². The minimum Gasteiger partial charge on any atom is -0.459 e. The van der Waals surface area contributed by atoms with Gasteiger partial charge in [0.15, 0.2) is 18.1 Å². The second-order valence-corrected chi connectivity index (χ2v) is 6.17. The largest absolute Gasteiger partial charge is 0.459 e. The summed E-state index contributed by atoms with van der Waals surface area (Å²) in [6, 6.07) is 17.1. The number of carbonyl (C=O) groups is 3. The topological polar surface area (TPSA) is 124 Å². The Balaban J connectivity index is 1.38. The SMILES string of the molecule is O=C(COC(=O)c1ccc2noc(-c3ccccc3)c2c1)NNC(=O)c1ccco1. The second-order valence-electron chi connectivity index (χ2n) is 6.17. The molecule has 0 bridgehead atoms. The fourth-order valence-electron chi connectivity index (χ4n) is 2.71. The average Bonchev–Trinajstić information content (AvgIpc) is 3.46. The zero-order chi connectivity index (χ0) is 20.9. The summed E-state index contributed by atoms with van der Waals surface area (Å²) in [4.78, 5) is 35.8. The molecule has 4 rings (SSSR count). The van der Waals surface area contributed by atoms with E-state index in [9.17, 15) is 14.4 Å². The number of hydrogen-bond acceptors (Lipinski definition) is 7. The summed E-state index contributed by atoms with van der Waals surface area (Å²) in [7, 11) is 0. The molecule has 150 valence electrons. The molecule has 0 spiro atoms. The molecule has 0 radical (unpaired) electrons. The summed E-state index contributed by atoms with van der Waals surface area (Å²) < 4.78 is 15.3. The summed E-state index contributed by atoms with van der Waals surface area (Å²) >= 11 is 0. The molecule has 9 heteroatoms. The van der Waals surface area contributed by atoms with Gasteiger partial charge in [0.1, 0.15) is 5.52 Å². The molecule has 0 aliphatic heterocycles. The quantitative estimate of drug-likeness (QED) is 0.386. The lowest BCUT2D eigenvalue weighted by atomic mass is 10.1. The maximum absolute atomic E-state index is 12.3. The van der Waals surface area contributed by atoms with Gasteiger partial charge in [-0.15, -0.1) is 0 Å². The molecule has 2 aromatic heterocycles. The van der Waals surface area contributed by atoms with Gasteiger partial charge in [-0.05, 0) is 30.3 Å². The zero-order valence-electron chi connectivity index (χ0n) is 15.5. The fraction of sp³-hybridized carbons (Fsp3) is 0.0476. The maximum Gasteiger partial charge on any atom is 0.338 e. The van der Waals surface area contributed by atoms with Crippen molar-refractivity contribution < 1.29 is 28.1 Å². The van der Waals surface area contributed by atoms with Crippen molar-refractivity contribution in [2.75, 3.05) is 6.61 Å². The molecule has 2 heterocycles. The van der Waals surface area contributed by atoms with Gasteiger partial charge in [-0.2, -0.15) is 0 Å². The molecule has 30 heavy (non-hydrogen) atoms. The van der Waals surface area contributed by atoms with Gasteiger partial charge in [0.2, 0.25) is 0 Å². The summed E-state index contributed by atoms with van der Waals surface area (Å²) in [5.41, 5.74) is 5.92. The van der Waals surface area contributed by atoms with Crippen molar-refractivity contribution in [2.45, 2.75) is 0 Å². The number of nitrogens with zero attached hydrogens (tertiary/aromatic N) is 1. The molecule has 0 aliphatic carbocycles. The summed E-state index contributed by atoms with van der Waals surface area (Å²) in [5.74, 6) is -1.49. The highest BCUT2D eigenvalue weighted by atomic mass is 16.5. The van der Waals surface area contributed by atoms with Crippen LogP contribution in [0.5, 0.6) is 0 Å². The normalized spacial score (nSPS) is 10.5. The van der Waals surface area contributed by atoms with E-state index in [4.69, 9.17) is 13.7 Å². The smallest absolute Gasteiger partial charge is 0.338 e. The maximum atomic E-state index is 12.3. The third-order valence-corrected chi connectivity index (χ3v) is 4.14. The van der Waals surface area contributed by atoms with Gasteiger partial charge in [0.25, 0.3) is 5.91 Å². The van der Waals surface area contributed by atoms with Crippen LogP contribution >= 0.6 is 0 Å². The Morgan fingerprint density at radius 2 is 1.80 bits per heavy atom. The van der Waals surface area contributed by atoms with Gasteiger partial charge in [0.05, 0.1) is 17.2 Å². The Labute approximate surface area is 169 Å². The third kappa shape index (κ3) is 4.04. The number of carbonyl (C=O) groups excluding carboxylic acids is 3. The average molecular weight is 405 g/mol. The van der Waals surface area contributed by atoms with Crippen molar-refractivity contribution in [1.82, 2.24) is 16.0 Å². The van der Waals surface area contributed by atoms with E-state index in [1.165, 1.54) is 24.5 Å². The molecule has 0 aliphatic rings. The Bertz CT molecular complexity index is 1200. The highest BCUT2D eigenvalue weighted by Gasteiger charge is 2.16. The van der Waals surface area contributed by atoms with Crippen molar-refractivity contribution in [3.63, 3.8) is 0 Å². The Kier molecular flexibility index (Phi) is 5.25. The highest BCUT2D eigenvalue weighted by Crippen LogP contribution is 2.29. The van der Waals surface area contributed by atoms with E-state index in [1.54, 1.807) is 12.1 Å². The van der Waals surface area contributed by atoms with Crippen LogP contribution in [-0.4, -0.2) is 29.5 Å². The number of esters is 1. The Hall–Kier alpha value is -4.40. The lowest BCUT2D eigenvalue weighted by Crippen LogP contribution is -2.43. The second kappa shape index (κ2) is 8.31. The van der Waals surface area contributed by atoms with Crippen LogP contribution in [0, 0.1) is 0 Å². The monoisotopic (exact) mass is 405 g/mol. The van der Waals surface area contributed by atoms with Crippen LogP contribution in [0.15, 0.2) is 75.9 Å². The molecule has 0 atom stereocenters. The molecular formula is C21H15N3O6. The van der Waals surface area contributed by atoms with E-state index in [0.717, 1.165) is 5.56 Å². The van der Waals surface area contributed by atoms with Crippen molar-refractivity contribution in [1.29, 1.82) is 0 Å². The number of rotatable bonds is 5. The molecule has 2 aromatic carbocycles. The zero-order valence-corrected chi connectivity index (χ0v) is 15.5. The molecule has 0 saturated heterocycles. The van der Waals surface area contributed by atoms with Crippen LogP contribution in [0.4, 0.5) is 0 Å². The lowest BCUT2D eigenvalue weighted by Gasteiger charge is -2.07. The van der Waals surface area contributed by atoms with Crippen molar-refractivity contribution in [2.24, 2.45) is 0 Å². The summed E-state index contributed by atoms with van der Waals surface area (Å²) in [6.07, 6.45) is 1.33. The number of hydrazine groups is 1. The van der Waals surface area contributed by atoms with Crippen molar-refractivity contribution in [3.05, 3.63) is 78.3 Å². The van der Waals surface area contributed by atoms with Gasteiger partial charge in [-0.1, -0.05) is 35.5 Å². The molecule has 9 nitrogen and oxygen atoms in total. The Morgan fingerprint density at radius 1 is 0.967 bits per heavy atom. The number of benzene rings is 2. The van der Waals surface area contributed by atoms with Gasteiger partial charge in [-0.25, -0.2) is 4.79 Å². The molecule has 2 N–H and O–H groups in total. The molecule has 0 saturated carbocycles. The predicted molar refractivity (Wildman–Crippen MR) is 104 cm³/mol. The Morgan fingerprint density at radius 3 is 2.57 bits per heavy atom. The molecule has 0 fully saturated rings. The number of amides is 2. The van der Waals surface area contributed by atoms with E-state index in [-0.39, 0.29) is 11.3 Å². The number of fused-ring (bicyclic) bond motifs is 1. The first-order valence-electron chi connectivity index (χ1n) is 8.86. The van der Waals surface area contributed by atoms with Crippen LogP contribution < -0.4 is 10.9 Å². The molecule has 0 unspecified atom stereocenters. The van der Waals surface area contributed by atoms with Crippen LogP contribution in [0.1, 0.15) is 20.9 Å². The van der Waals surface area contributed by atoms with E-state index < -0.39 is 24.4 Å². The number of furan rings is 1. The molecule has 2 amide bonds. The predicted octanol–water partition coefficient (Wildman–Crippen LogP) is 2.71. The number of aromatic nitrogens is 1. The standard InChI is InChI=1S/C21H15N3O6/c25-18(22-23-20(26)17-7-4-10-28-17)12-29-21(27)14-8-9-16-15(11-14)19(30-24-16)13-5-2-1-3-6-13/h1-11H,12H2,(H,22,25)(H,23,26). The fourth-order valence-corrected chi connectivity index (χ4v) is 2.71. The van der Waals surface area contributed by atoms with Crippen LogP contribution in [0.2, 0.25) is 0 Å². The number of hydrogen-bond donors (Lipinski definition) is 2. The third-order valence-electron chi connectivity index (χ3n) is 4.14. The minimum atomic E-state index is -0.709. The first-order chi connectivity index (χ1) is 14.6. The van der Waals surface area contributed by atoms with Gasteiger partial charge >= 0.3 is 11.9 Å². The summed E-state index contributed by atoms with van der Waals surface area (Å²) in [6.45, 7) is -0.579. The molecular weight excluding hydrogens is 390 g/mol. The van der Waals surface area contributed by atoms with Crippen molar-refractivity contribution >= 4 is 28.7 Å². The number of nitrogens with one attached hydrogen (secondary N) is 2. The van der Waals surface area contributed by atoms with E-state index >= 15 is 0 Å². The van der Waals surface area contributed by atoms with Crippen LogP contribution in [0.3, 0.4) is 0 Å². The lowest BCUT2D eigenvalue weighted by molar-refractivity contribution is -0.125. The van der Waals surface area contributed by atoms with E-state index in [1.807, 2.05) is 30.3 Å². The first kappa shape index (κ1) is 18.9. The van der Waals surface area contributed by atoms with Gasteiger partial charge in [-0.3, -0.25) is 20.4 Å². The summed E-state index contributed by atoms with van der Waals surface area (Å²) in [5, 5.41) is 4.64. The van der Waals surface area contributed by atoms with E-state index in [2.05, 4.69) is 16.0 Å². The highest BCUT2D eigenvalue weighted by molar-refractivity contribution is 5.99. The number of ether oxygens (including phenoxy) is 1. The van der Waals surface area contributed by atoms with Gasteiger partial charge in [0, 0.05) is 5.56 Å². The van der Waals surface area contributed by atoms with Crippen molar-refractivity contribution in [3.8, 4) is 11.3 Å². The van der Waals surface area contributed by atoms with E-state index in [0.29, 0.717) is 16.7 Å². The molecule has 4 aromatic rings. The van der Waals surface area contributed by atoms with Crippen LogP contribution in [-0.2, 0) is 9.53 Å². The first-order valence-corrected chi connectivity index (χ1v) is 8.86. The minimum absolute atomic E-state index is 0.0311. The van der Waals surface area contributed by atoms with Gasteiger partial charge < -0.3 is 13.7 Å².